The molecule has 2 atom stereocenters. The second kappa shape index (κ2) is 6.13. The average molecular weight is 359 g/mol. The number of aromatic amines is 1. The van der Waals surface area contributed by atoms with Crippen molar-refractivity contribution in [2.24, 2.45) is 0 Å². The first-order valence-electron chi connectivity index (χ1n) is 8.68. The molecule has 0 spiro atoms. The summed E-state index contributed by atoms with van der Waals surface area (Å²) < 4.78 is 40.0. The van der Waals surface area contributed by atoms with Crippen LogP contribution in [0.4, 0.5) is 13.2 Å². The topological polar surface area (TPSA) is 31.9 Å². The summed E-state index contributed by atoms with van der Waals surface area (Å²) in [5.74, 6) is 0. The van der Waals surface area contributed by atoms with Crippen LogP contribution < -0.4 is 0 Å². The van der Waals surface area contributed by atoms with Gasteiger partial charge in [-0.3, -0.25) is 10.00 Å². The molecule has 0 aliphatic carbocycles. The van der Waals surface area contributed by atoms with Crippen LogP contribution in [0.25, 0.3) is 10.9 Å². The number of hydrogen-bond donors (Lipinski definition) is 1. The molecule has 3 aromatic rings. The Hall–Kier alpha value is -2.34. The van der Waals surface area contributed by atoms with Gasteiger partial charge in [-0.2, -0.15) is 18.3 Å². The third-order valence-corrected chi connectivity index (χ3v) is 5.31. The molecule has 0 fully saturated rings. The summed E-state index contributed by atoms with van der Waals surface area (Å²) in [6.45, 7) is 2.91. The average Bonchev–Trinajstić information content (AvgIpc) is 3.04. The minimum atomic E-state index is -4.24. The van der Waals surface area contributed by atoms with Gasteiger partial charge in [-0.15, -0.1) is 0 Å². The second-order valence-corrected chi connectivity index (χ2v) is 7.06. The number of alkyl halides is 3. The summed E-state index contributed by atoms with van der Waals surface area (Å²) in [5, 5.41) is 8.07. The summed E-state index contributed by atoms with van der Waals surface area (Å²) >= 11 is 0. The Bertz CT molecular complexity index is 945. The molecule has 2 heterocycles. The Morgan fingerprint density at radius 1 is 1.15 bits per heavy atom. The molecule has 0 saturated heterocycles. The lowest BCUT2D eigenvalue weighted by Gasteiger charge is -2.43. The lowest BCUT2D eigenvalue weighted by atomic mass is 9.82. The lowest BCUT2D eigenvalue weighted by Crippen LogP contribution is -2.47. The van der Waals surface area contributed by atoms with E-state index in [1.165, 1.54) is 0 Å². The molecule has 26 heavy (non-hydrogen) atoms. The maximum Gasteiger partial charge on any atom is 0.401 e. The van der Waals surface area contributed by atoms with Crippen molar-refractivity contribution in [1.82, 2.24) is 15.1 Å². The molecule has 0 amide bonds. The highest BCUT2D eigenvalue weighted by atomic mass is 19.4. The summed E-state index contributed by atoms with van der Waals surface area (Å²) in [4.78, 5) is 1.58. The Labute approximate surface area is 149 Å². The van der Waals surface area contributed by atoms with Crippen LogP contribution in [-0.2, 0) is 6.42 Å². The van der Waals surface area contributed by atoms with Crippen LogP contribution >= 0.6 is 0 Å². The van der Waals surface area contributed by atoms with Gasteiger partial charge in [0.05, 0.1) is 24.3 Å². The number of nitrogens with one attached hydrogen (secondary N) is 1. The standard InChI is InChI=1S/C20H20F3N3/c1-12-5-3-4-6-14(12)19-15-7-8-18-17(10-24-25-18)16(15)9-13(2)26(19)11-20(21,22)23/h3-8,10,13,19H,9,11H2,1-2H3,(H,24,25)/t13-,19+/m1/s1. The molecule has 2 aromatic carbocycles. The molecule has 1 aliphatic heterocycles. The second-order valence-electron chi connectivity index (χ2n) is 7.06. The zero-order chi connectivity index (χ0) is 18.5. The zero-order valence-corrected chi connectivity index (χ0v) is 14.6. The number of fused-ring (bicyclic) bond motifs is 3. The van der Waals surface area contributed by atoms with Crippen molar-refractivity contribution >= 4 is 10.9 Å². The van der Waals surface area contributed by atoms with Gasteiger partial charge in [0.25, 0.3) is 0 Å². The predicted molar refractivity (Wildman–Crippen MR) is 95.0 cm³/mol. The smallest absolute Gasteiger partial charge is 0.281 e. The molecule has 4 rings (SSSR count). The molecular weight excluding hydrogens is 339 g/mol. The molecule has 0 bridgehead atoms. The number of H-pyrrole nitrogens is 1. The number of benzene rings is 2. The van der Waals surface area contributed by atoms with Crippen molar-refractivity contribution in [2.45, 2.75) is 38.5 Å². The third kappa shape index (κ3) is 2.88. The number of rotatable bonds is 2. The Balaban J connectivity index is 1.93. The van der Waals surface area contributed by atoms with Crippen LogP contribution in [0.1, 0.15) is 35.2 Å². The van der Waals surface area contributed by atoms with E-state index in [0.717, 1.165) is 33.2 Å². The number of aromatic nitrogens is 2. The van der Waals surface area contributed by atoms with E-state index in [4.69, 9.17) is 0 Å². The van der Waals surface area contributed by atoms with Crippen LogP contribution in [0.2, 0.25) is 0 Å². The van der Waals surface area contributed by atoms with Gasteiger partial charge in [-0.05, 0) is 48.6 Å². The maximum absolute atomic E-state index is 13.3. The summed E-state index contributed by atoms with van der Waals surface area (Å²) in [6.07, 6.45) is -1.90. The largest absolute Gasteiger partial charge is 0.401 e. The summed E-state index contributed by atoms with van der Waals surface area (Å²) in [5.41, 5.74) is 4.87. The van der Waals surface area contributed by atoms with Gasteiger partial charge in [-0.25, -0.2) is 0 Å². The van der Waals surface area contributed by atoms with Crippen LogP contribution in [0.3, 0.4) is 0 Å². The first-order valence-corrected chi connectivity index (χ1v) is 8.68. The van der Waals surface area contributed by atoms with E-state index in [-0.39, 0.29) is 6.04 Å². The normalized spacial score (nSPS) is 21.1. The van der Waals surface area contributed by atoms with E-state index in [9.17, 15) is 13.2 Å². The van der Waals surface area contributed by atoms with E-state index in [1.807, 2.05) is 50.2 Å². The van der Waals surface area contributed by atoms with Crippen molar-refractivity contribution in [3.8, 4) is 0 Å². The van der Waals surface area contributed by atoms with E-state index in [2.05, 4.69) is 10.2 Å². The van der Waals surface area contributed by atoms with Crippen LogP contribution in [0.15, 0.2) is 42.6 Å². The molecule has 1 aromatic heterocycles. The summed E-state index contributed by atoms with van der Waals surface area (Å²) in [6, 6.07) is 10.9. The van der Waals surface area contributed by atoms with Crippen molar-refractivity contribution in [3.05, 3.63) is 64.8 Å². The molecule has 0 saturated carbocycles. The quantitative estimate of drug-likeness (QED) is 0.715. The summed E-state index contributed by atoms with van der Waals surface area (Å²) in [7, 11) is 0. The zero-order valence-electron chi connectivity index (χ0n) is 14.6. The Kier molecular flexibility index (Phi) is 4.03. The number of halogens is 3. The first kappa shape index (κ1) is 17.1. The van der Waals surface area contributed by atoms with Gasteiger partial charge in [0.15, 0.2) is 0 Å². The molecule has 0 radical (unpaired) electrons. The van der Waals surface area contributed by atoms with E-state index in [1.54, 1.807) is 11.1 Å². The molecule has 1 aliphatic rings. The minimum absolute atomic E-state index is 0.228. The van der Waals surface area contributed by atoms with Crippen LogP contribution in [0, 0.1) is 6.92 Å². The Morgan fingerprint density at radius 3 is 2.65 bits per heavy atom. The highest BCUT2D eigenvalue weighted by molar-refractivity contribution is 5.83. The first-order chi connectivity index (χ1) is 12.3. The molecular formula is C20H20F3N3. The van der Waals surface area contributed by atoms with Gasteiger partial charge in [0.1, 0.15) is 0 Å². The lowest BCUT2D eigenvalue weighted by molar-refractivity contribution is -0.155. The van der Waals surface area contributed by atoms with E-state index >= 15 is 0 Å². The van der Waals surface area contributed by atoms with Crippen molar-refractivity contribution in [2.75, 3.05) is 6.54 Å². The molecule has 1 N–H and O–H groups in total. The molecule has 3 nitrogen and oxygen atoms in total. The fourth-order valence-electron chi connectivity index (χ4n) is 4.12. The third-order valence-electron chi connectivity index (χ3n) is 5.31. The van der Waals surface area contributed by atoms with Gasteiger partial charge in [0.2, 0.25) is 0 Å². The van der Waals surface area contributed by atoms with E-state index in [0.29, 0.717) is 6.42 Å². The van der Waals surface area contributed by atoms with Gasteiger partial charge in [-0.1, -0.05) is 30.3 Å². The van der Waals surface area contributed by atoms with Gasteiger partial charge in [0, 0.05) is 11.4 Å². The minimum Gasteiger partial charge on any atom is -0.281 e. The Morgan fingerprint density at radius 2 is 1.92 bits per heavy atom. The number of aryl methyl sites for hydroxylation is 1. The van der Waals surface area contributed by atoms with Gasteiger partial charge >= 0.3 is 6.18 Å². The van der Waals surface area contributed by atoms with Crippen LogP contribution in [0.5, 0.6) is 0 Å². The predicted octanol–water partition coefficient (Wildman–Crippen LogP) is 4.77. The highest BCUT2D eigenvalue weighted by Crippen LogP contribution is 2.42. The van der Waals surface area contributed by atoms with Crippen molar-refractivity contribution in [1.29, 1.82) is 0 Å². The fraction of sp³-hybridized carbons (Fsp3) is 0.350. The fourth-order valence-corrected chi connectivity index (χ4v) is 4.12. The van der Waals surface area contributed by atoms with Gasteiger partial charge < -0.3 is 0 Å². The van der Waals surface area contributed by atoms with Crippen LogP contribution in [-0.4, -0.2) is 33.9 Å². The molecule has 6 heteroatoms. The van der Waals surface area contributed by atoms with Crippen molar-refractivity contribution < 1.29 is 13.2 Å². The highest BCUT2D eigenvalue weighted by Gasteiger charge is 2.41. The van der Waals surface area contributed by atoms with Crippen molar-refractivity contribution in [3.63, 3.8) is 0 Å². The number of nitrogens with zero attached hydrogens (tertiary/aromatic N) is 2. The maximum atomic E-state index is 13.3. The number of hydrogen-bond acceptors (Lipinski definition) is 2. The monoisotopic (exact) mass is 359 g/mol. The molecule has 0 unspecified atom stereocenters. The SMILES string of the molecule is Cc1ccccc1[C@H]1c2ccc3[nH]ncc3c2C[C@@H](C)N1CC(F)(F)F. The van der Waals surface area contributed by atoms with E-state index < -0.39 is 18.8 Å². The molecule has 136 valence electrons.